The van der Waals surface area contributed by atoms with Gasteiger partial charge in [-0.1, -0.05) is 6.07 Å². The normalized spacial score (nSPS) is 12.6. The molecule has 3 aromatic rings. The molecule has 0 aliphatic heterocycles. The number of azo groups is 1. The number of anilines is 2. The number of phenolic OH excluding ortho intramolecular Hbond substituents is 1. The van der Waals surface area contributed by atoms with Crippen molar-refractivity contribution in [3.05, 3.63) is 42.5 Å². The first-order chi connectivity index (χ1) is 13.4. The highest BCUT2D eigenvalue weighted by Crippen LogP contribution is 2.40. The molecule has 0 radical (unpaired) electrons. The van der Waals surface area contributed by atoms with Gasteiger partial charge in [0.2, 0.25) is 0 Å². The van der Waals surface area contributed by atoms with Crippen molar-refractivity contribution in [2.24, 2.45) is 10.2 Å². The molecule has 0 aromatic heterocycles. The standard InChI is InChI=1S/C16H14N4O7S2/c17-9-2-4-12(14(6-9)29(25,26)27)19-20-16-11(18)3-1-8-5-10(28(22,23)24)7-13(21)15(8)16/h1-7,21H,17-18H2,(H,22,23,24)(H,25,26,27)/b20-19+. The van der Waals surface area contributed by atoms with Crippen LogP contribution in [0.4, 0.5) is 22.7 Å². The van der Waals surface area contributed by atoms with E-state index in [1.165, 1.54) is 24.3 Å². The maximum atomic E-state index is 11.5. The first-order valence-corrected chi connectivity index (χ1v) is 10.6. The Balaban J connectivity index is 2.23. The van der Waals surface area contributed by atoms with Gasteiger partial charge in [-0.15, -0.1) is 10.2 Å². The van der Waals surface area contributed by atoms with Crippen molar-refractivity contribution >= 4 is 53.8 Å². The lowest BCUT2D eigenvalue weighted by atomic mass is 10.1. The molecule has 0 atom stereocenters. The molecule has 0 unspecified atom stereocenters. The van der Waals surface area contributed by atoms with Crippen LogP contribution in [0.1, 0.15) is 0 Å². The minimum absolute atomic E-state index is 0.0185. The van der Waals surface area contributed by atoms with Crippen LogP contribution in [-0.4, -0.2) is 31.0 Å². The molecule has 11 nitrogen and oxygen atoms in total. The topological polar surface area (TPSA) is 206 Å². The third-order valence-corrected chi connectivity index (χ3v) is 5.61. The van der Waals surface area contributed by atoms with Crippen LogP contribution in [0.15, 0.2) is 62.5 Å². The van der Waals surface area contributed by atoms with E-state index >= 15 is 0 Å². The Labute approximate surface area is 164 Å². The van der Waals surface area contributed by atoms with Gasteiger partial charge in [0.1, 0.15) is 22.0 Å². The molecule has 0 aliphatic rings. The molecule has 3 rings (SSSR count). The predicted octanol–water partition coefficient (Wildman–Crippen LogP) is 2.62. The largest absolute Gasteiger partial charge is 0.507 e. The van der Waals surface area contributed by atoms with E-state index in [9.17, 15) is 31.0 Å². The molecule has 7 N–H and O–H groups in total. The second-order valence-electron chi connectivity index (χ2n) is 5.92. The molecular weight excluding hydrogens is 424 g/mol. The Hall–Kier alpha value is -3.26. The highest BCUT2D eigenvalue weighted by molar-refractivity contribution is 7.86. The third kappa shape index (κ3) is 4.12. The number of fused-ring (bicyclic) bond motifs is 1. The molecule has 3 aromatic carbocycles. The van der Waals surface area contributed by atoms with Gasteiger partial charge in [-0.2, -0.15) is 16.8 Å². The highest BCUT2D eigenvalue weighted by Gasteiger charge is 2.18. The average Bonchev–Trinajstić information content (AvgIpc) is 2.60. The van der Waals surface area contributed by atoms with Gasteiger partial charge in [0.05, 0.1) is 16.0 Å². The lowest BCUT2D eigenvalue weighted by molar-refractivity contribution is 0.471. The Morgan fingerprint density at radius 3 is 2.14 bits per heavy atom. The van der Waals surface area contributed by atoms with Crippen LogP contribution in [0.2, 0.25) is 0 Å². The lowest BCUT2D eigenvalue weighted by Gasteiger charge is -2.09. The summed E-state index contributed by atoms with van der Waals surface area (Å²) in [7, 11) is -9.22. The molecule has 0 aliphatic carbocycles. The van der Waals surface area contributed by atoms with Crippen molar-refractivity contribution < 1.29 is 31.0 Å². The smallest absolute Gasteiger partial charge is 0.296 e. The fourth-order valence-corrected chi connectivity index (χ4v) is 3.79. The van der Waals surface area contributed by atoms with Crippen LogP contribution >= 0.6 is 0 Å². The van der Waals surface area contributed by atoms with E-state index in [1.807, 2.05) is 0 Å². The molecule has 29 heavy (non-hydrogen) atoms. The molecule has 0 fully saturated rings. The molecule has 13 heteroatoms. The number of hydrogen-bond acceptors (Lipinski definition) is 9. The summed E-state index contributed by atoms with van der Waals surface area (Å²) in [5.41, 5.74) is 11.2. The summed E-state index contributed by atoms with van der Waals surface area (Å²) in [6, 6.07) is 8.19. The van der Waals surface area contributed by atoms with E-state index in [4.69, 9.17) is 11.5 Å². The highest BCUT2D eigenvalue weighted by atomic mass is 32.2. The van der Waals surface area contributed by atoms with Crippen LogP contribution in [-0.2, 0) is 20.2 Å². The summed E-state index contributed by atoms with van der Waals surface area (Å²) in [5.74, 6) is -0.552. The van der Waals surface area contributed by atoms with Crippen LogP contribution in [0.3, 0.4) is 0 Å². The first kappa shape index (κ1) is 20.5. The molecule has 0 amide bonds. The van der Waals surface area contributed by atoms with Crippen molar-refractivity contribution in [2.45, 2.75) is 9.79 Å². The lowest BCUT2D eigenvalue weighted by Crippen LogP contribution is -1.99. The molecule has 0 heterocycles. The fourth-order valence-electron chi connectivity index (χ4n) is 2.59. The number of nitrogens with zero attached hydrogens (tertiary/aromatic N) is 2. The van der Waals surface area contributed by atoms with Gasteiger partial charge in [0.15, 0.2) is 0 Å². The maximum Gasteiger partial charge on any atom is 0.296 e. The van der Waals surface area contributed by atoms with E-state index in [1.54, 1.807) is 0 Å². The van der Waals surface area contributed by atoms with Gasteiger partial charge in [0.25, 0.3) is 20.2 Å². The minimum Gasteiger partial charge on any atom is -0.507 e. The Morgan fingerprint density at radius 1 is 0.828 bits per heavy atom. The van der Waals surface area contributed by atoms with E-state index in [0.717, 1.165) is 18.2 Å². The van der Waals surface area contributed by atoms with Crippen molar-refractivity contribution in [1.82, 2.24) is 0 Å². The minimum atomic E-state index is -4.65. The van der Waals surface area contributed by atoms with Gasteiger partial charge in [-0.05, 0) is 35.7 Å². The summed E-state index contributed by atoms with van der Waals surface area (Å²) in [6.07, 6.45) is 0. The predicted molar refractivity (Wildman–Crippen MR) is 105 cm³/mol. The van der Waals surface area contributed by atoms with Gasteiger partial charge >= 0.3 is 0 Å². The maximum absolute atomic E-state index is 11.5. The van der Waals surface area contributed by atoms with Gasteiger partial charge in [0, 0.05) is 11.8 Å². The SMILES string of the molecule is Nc1ccc(/N=N/c2c(N)ccc3cc(S(=O)(=O)O)cc(O)c23)c(S(=O)(=O)O)c1. The van der Waals surface area contributed by atoms with Gasteiger partial charge in [-0.3, -0.25) is 9.11 Å². The zero-order valence-corrected chi connectivity index (χ0v) is 16.0. The monoisotopic (exact) mass is 438 g/mol. The molecule has 0 saturated carbocycles. The summed E-state index contributed by atoms with van der Waals surface area (Å²) in [6.45, 7) is 0. The number of nitrogen functional groups attached to an aromatic ring is 2. The zero-order chi connectivity index (χ0) is 21.6. The summed E-state index contributed by atoms with van der Waals surface area (Å²) in [5, 5.41) is 18.1. The number of phenols is 1. The zero-order valence-electron chi connectivity index (χ0n) is 14.4. The molecular formula is C16H14N4O7S2. The quantitative estimate of drug-likeness (QED) is 0.230. The number of rotatable bonds is 4. The number of benzene rings is 3. The number of nitrogens with two attached hydrogens (primary N) is 2. The number of hydrogen-bond donors (Lipinski definition) is 5. The van der Waals surface area contributed by atoms with E-state index in [-0.39, 0.29) is 33.5 Å². The average molecular weight is 438 g/mol. The molecule has 0 spiro atoms. The van der Waals surface area contributed by atoms with Crippen molar-refractivity contribution in [1.29, 1.82) is 0 Å². The Kier molecular flexibility index (Phi) is 4.92. The van der Waals surface area contributed by atoms with Crippen LogP contribution < -0.4 is 11.5 Å². The Bertz CT molecular complexity index is 1380. The molecule has 0 bridgehead atoms. The van der Waals surface area contributed by atoms with Crippen LogP contribution in [0, 0.1) is 0 Å². The van der Waals surface area contributed by atoms with E-state index in [0.29, 0.717) is 0 Å². The van der Waals surface area contributed by atoms with E-state index in [2.05, 4.69) is 10.2 Å². The van der Waals surface area contributed by atoms with E-state index < -0.39 is 35.8 Å². The number of aromatic hydroxyl groups is 1. The van der Waals surface area contributed by atoms with Crippen molar-refractivity contribution in [3.8, 4) is 5.75 Å². The summed E-state index contributed by atoms with van der Waals surface area (Å²) < 4.78 is 64.3. The van der Waals surface area contributed by atoms with Crippen molar-refractivity contribution in [2.75, 3.05) is 11.5 Å². The van der Waals surface area contributed by atoms with Crippen LogP contribution in [0.25, 0.3) is 10.8 Å². The third-order valence-electron chi connectivity index (χ3n) is 3.89. The summed E-state index contributed by atoms with van der Waals surface area (Å²) in [4.78, 5) is -1.12. The second-order valence-corrected chi connectivity index (χ2v) is 8.73. The summed E-state index contributed by atoms with van der Waals surface area (Å²) >= 11 is 0. The first-order valence-electron chi connectivity index (χ1n) is 7.69. The van der Waals surface area contributed by atoms with Gasteiger partial charge < -0.3 is 16.6 Å². The van der Waals surface area contributed by atoms with Crippen molar-refractivity contribution in [3.63, 3.8) is 0 Å². The molecule has 0 saturated heterocycles. The Morgan fingerprint density at radius 2 is 1.52 bits per heavy atom. The van der Waals surface area contributed by atoms with Crippen LogP contribution in [0.5, 0.6) is 5.75 Å². The van der Waals surface area contributed by atoms with Gasteiger partial charge in [-0.25, -0.2) is 0 Å². The fraction of sp³-hybridized carbons (Fsp3) is 0. The second kappa shape index (κ2) is 6.97. The molecule has 152 valence electrons.